The van der Waals surface area contributed by atoms with Crippen molar-refractivity contribution in [2.75, 3.05) is 0 Å². The predicted octanol–water partition coefficient (Wildman–Crippen LogP) is 15.5. The van der Waals surface area contributed by atoms with Crippen molar-refractivity contribution in [2.45, 2.75) is 129 Å². The Bertz CT molecular complexity index is 1520. The van der Waals surface area contributed by atoms with Gasteiger partial charge in [0.1, 0.15) is 0 Å². The third-order valence-electron chi connectivity index (χ3n) is 10.6. The lowest BCUT2D eigenvalue weighted by atomic mass is 9.73. The smallest absolute Gasteiger partial charge is 0.00874 e. The molecular weight excluding hydrogens is 601 g/mol. The Balaban J connectivity index is 0.00000163. The molecule has 0 amide bonds. The highest BCUT2D eigenvalue weighted by Crippen LogP contribution is 2.44. The lowest BCUT2D eigenvalue weighted by Gasteiger charge is -2.32. The second kappa shape index (κ2) is 22.7. The molecule has 0 nitrogen and oxygen atoms in total. The van der Waals surface area contributed by atoms with Gasteiger partial charge in [0.15, 0.2) is 0 Å². The highest BCUT2D eigenvalue weighted by molar-refractivity contribution is 5.34. The van der Waals surface area contributed by atoms with Gasteiger partial charge in [-0.2, -0.15) is 0 Å². The molecule has 5 aromatic rings. The minimum absolute atomic E-state index is 0.459. The van der Waals surface area contributed by atoms with Crippen LogP contribution in [0.2, 0.25) is 0 Å². The largest absolute Gasteiger partial charge is 0.0683 e. The van der Waals surface area contributed by atoms with Crippen LogP contribution in [0.4, 0.5) is 0 Å². The topological polar surface area (TPSA) is 0 Å². The lowest BCUT2D eigenvalue weighted by molar-refractivity contribution is 0.441. The van der Waals surface area contributed by atoms with E-state index in [9.17, 15) is 0 Å². The maximum Gasteiger partial charge on any atom is -0.00874 e. The Morgan fingerprint density at radius 3 is 1.08 bits per heavy atom. The first-order valence-electron chi connectivity index (χ1n) is 19.9. The molecule has 0 aromatic heterocycles. The van der Waals surface area contributed by atoms with E-state index in [1.165, 1.54) is 39.8 Å². The standard InChI is InChI=1S/C46H54.2C2H6/c1-5-36(39-22-14-9-15-23-39)33-44(32-35(4)38-20-12-8-13-21-38)41-28-30-43(31-29-41)46(45(7-3)42-26-18-11-19-27-42)34-37(6-2)40-24-16-10-17-25-40;2*1-2/h8-31,35-37,44-46H,5-7,32-34H2,1-4H3;2*1-2H3. The molecule has 50 heavy (non-hydrogen) atoms. The van der Waals surface area contributed by atoms with Crippen molar-refractivity contribution >= 4 is 0 Å². The summed E-state index contributed by atoms with van der Waals surface area (Å²) in [6.45, 7) is 17.5. The quantitative estimate of drug-likeness (QED) is 0.0983. The Morgan fingerprint density at radius 1 is 0.320 bits per heavy atom. The van der Waals surface area contributed by atoms with Gasteiger partial charge in [-0.25, -0.2) is 0 Å². The van der Waals surface area contributed by atoms with Gasteiger partial charge in [0.25, 0.3) is 0 Å². The summed E-state index contributed by atoms with van der Waals surface area (Å²) in [6, 6.07) is 54.7. The van der Waals surface area contributed by atoms with Crippen molar-refractivity contribution in [2.24, 2.45) is 0 Å². The zero-order valence-electron chi connectivity index (χ0n) is 32.6. The monoisotopic (exact) mass is 667 g/mol. The van der Waals surface area contributed by atoms with Crippen LogP contribution in [0.5, 0.6) is 0 Å². The maximum atomic E-state index is 2.49. The Kier molecular flexibility index (Phi) is 18.4. The molecule has 0 bridgehead atoms. The number of hydrogen-bond donors (Lipinski definition) is 0. The minimum Gasteiger partial charge on any atom is -0.0683 e. The van der Waals surface area contributed by atoms with Gasteiger partial charge >= 0.3 is 0 Å². The van der Waals surface area contributed by atoms with E-state index in [2.05, 4.69) is 173 Å². The molecule has 5 rings (SSSR count). The summed E-state index contributed by atoms with van der Waals surface area (Å²) < 4.78 is 0. The zero-order valence-corrected chi connectivity index (χ0v) is 32.6. The van der Waals surface area contributed by atoms with Crippen LogP contribution in [0.25, 0.3) is 0 Å². The molecule has 266 valence electrons. The van der Waals surface area contributed by atoms with Crippen molar-refractivity contribution in [1.29, 1.82) is 0 Å². The Hall–Kier alpha value is -3.90. The van der Waals surface area contributed by atoms with Gasteiger partial charge in [-0.3, -0.25) is 0 Å². The van der Waals surface area contributed by atoms with E-state index in [-0.39, 0.29) is 0 Å². The Labute approximate surface area is 307 Å². The first kappa shape index (κ1) is 40.5. The van der Waals surface area contributed by atoms with Gasteiger partial charge < -0.3 is 0 Å². The summed E-state index contributed by atoms with van der Waals surface area (Å²) in [7, 11) is 0. The summed E-state index contributed by atoms with van der Waals surface area (Å²) in [5.41, 5.74) is 8.82. The molecule has 0 heterocycles. The van der Waals surface area contributed by atoms with Crippen molar-refractivity contribution in [3.8, 4) is 0 Å². The van der Waals surface area contributed by atoms with Crippen LogP contribution in [0.3, 0.4) is 0 Å². The molecular formula is C50H66. The van der Waals surface area contributed by atoms with Crippen LogP contribution in [-0.2, 0) is 0 Å². The van der Waals surface area contributed by atoms with E-state index in [1.807, 2.05) is 27.7 Å². The molecule has 0 aliphatic rings. The van der Waals surface area contributed by atoms with Crippen LogP contribution >= 0.6 is 0 Å². The second-order valence-electron chi connectivity index (χ2n) is 13.4. The molecule has 0 heteroatoms. The van der Waals surface area contributed by atoms with E-state index in [0.29, 0.717) is 35.5 Å². The first-order valence-corrected chi connectivity index (χ1v) is 19.9. The average Bonchev–Trinajstić information content (AvgIpc) is 3.21. The number of hydrogen-bond acceptors (Lipinski definition) is 0. The van der Waals surface area contributed by atoms with Gasteiger partial charge in [-0.1, -0.05) is 201 Å². The van der Waals surface area contributed by atoms with Crippen LogP contribution in [0, 0.1) is 0 Å². The molecule has 0 saturated heterocycles. The van der Waals surface area contributed by atoms with Crippen LogP contribution in [0.1, 0.15) is 163 Å². The molecule has 0 spiro atoms. The molecule has 5 aromatic carbocycles. The molecule has 0 fully saturated rings. The van der Waals surface area contributed by atoms with Crippen molar-refractivity contribution in [3.63, 3.8) is 0 Å². The third-order valence-corrected chi connectivity index (χ3v) is 10.6. The summed E-state index contributed by atoms with van der Waals surface area (Å²) in [5.74, 6) is 3.05. The van der Waals surface area contributed by atoms with Crippen molar-refractivity contribution < 1.29 is 0 Å². The van der Waals surface area contributed by atoms with E-state index in [4.69, 9.17) is 0 Å². The second-order valence-corrected chi connectivity index (χ2v) is 13.4. The van der Waals surface area contributed by atoms with E-state index >= 15 is 0 Å². The fourth-order valence-electron chi connectivity index (χ4n) is 7.89. The molecule has 0 saturated carbocycles. The molecule has 0 radical (unpaired) electrons. The Morgan fingerprint density at radius 2 is 0.660 bits per heavy atom. The average molecular weight is 667 g/mol. The minimum atomic E-state index is 0.459. The highest BCUT2D eigenvalue weighted by atomic mass is 14.3. The van der Waals surface area contributed by atoms with Gasteiger partial charge in [0, 0.05) is 0 Å². The van der Waals surface area contributed by atoms with E-state index < -0.39 is 0 Å². The summed E-state index contributed by atoms with van der Waals surface area (Å²) in [5, 5.41) is 0. The lowest BCUT2D eigenvalue weighted by Crippen LogP contribution is -2.15. The number of rotatable bonds is 16. The molecule has 6 unspecified atom stereocenters. The maximum absolute atomic E-state index is 2.49. The van der Waals surface area contributed by atoms with Crippen molar-refractivity contribution in [3.05, 3.63) is 179 Å². The van der Waals surface area contributed by atoms with Gasteiger partial charge in [-0.05, 0) is 107 Å². The first-order chi connectivity index (χ1) is 24.6. The van der Waals surface area contributed by atoms with Crippen LogP contribution in [-0.4, -0.2) is 0 Å². The molecule has 0 N–H and O–H groups in total. The summed E-state index contributed by atoms with van der Waals surface area (Å²) in [4.78, 5) is 0. The number of benzene rings is 5. The van der Waals surface area contributed by atoms with Crippen LogP contribution in [0.15, 0.2) is 146 Å². The van der Waals surface area contributed by atoms with Crippen molar-refractivity contribution in [1.82, 2.24) is 0 Å². The predicted molar refractivity (Wildman–Crippen MR) is 222 cm³/mol. The van der Waals surface area contributed by atoms with Gasteiger partial charge in [-0.15, -0.1) is 0 Å². The van der Waals surface area contributed by atoms with Gasteiger partial charge in [0.05, 0.1) is 0 Å². The normalized spacial score (nSPS) is 14.4. The zero-order chi connectivity index (χ0) is 36.1. The fourth-order valence-corrected chi connectivity index (χ4v) is 7.89. The van der Waals surface area contributed by atoms with Crippen LogP contribution < -0.4 is 0 Å². The van der Waals surface area contributed by atoms with Gasteiger partial charge in [0.2, 0.25) is 0 Å². The highest BCUT2D eigenvalue weighted by Gasteiger charge is 2.28. The molecule has 0 aliphatic carbocycles. The third kappa shape index (κ3) is 11.6. The molecule has 0 aliphatic heterocycles. The van der Waals surface area contributed by atoms with E-state index in [1.54, 1.807) is 0 Å². The summed E-state index contributed by atoms with van der Waals surface area (Å²) in [6.07, 6.45) is 6.94. The van der Waals surface area contributed by atoms with E-state index in [0.717, 1.165) is 32.1 Å². The SMILES string of the molecule is CC.CC.CCC(CC(CC(C)c1ccccc1)c1ccc(C(CC(CC)c2ccccc2)C(CC)c2ccccc2)cc1)c1ccccc1. The molecule has 6 atom stereocenters. The summed E-state index contributed by atoms with van der Waals surface area (Å²) >= 11 is 0. The fraction of sp³-hybridized carbons (Fsp3) is 0.400.